The summed E-state index contributed by atoms with van der Waals surface area (Å²) in [6.45, 7) is 0.215. The lowest BCUT2D eigenvalue weighted by molar-refractivity contribution is -0.137. The second-order valence-electron chi connectivity index (χ2n) is 5.81. The van der Waals surface area contributed by atoms with E-state index in [4.69, 9.17) is 5.11 Å². The number of aliphatic carboxylic acids is 1. The molecule has 0 aromatic carbocycles. The van der Waals surface area contributed by atoms with Gasteiger partial charge in [0.2, 0.25) is 0 Å². The van der Waals surface area contributed by atoms with Crippen molar-refractivity contribution < 1.29 is 14.7 Å². The van der Waals surface area contributed by atoms with E-state index in [1.807, 2.05) is 7.05 Å². The zero-order valence-electron chi connectivity index (χ0n) is 12.7. The van der Waals surface area contributed by atoms with Crippen LogP contribution in [0.1, 0.15) is 60.5 Å². The highest BCUT2D eigenvalue weighted by atomic mass is 16.4. The van der Waals surface area contributed by atoms with E-state index in [9.17, 15) is 9.59 Å². The minimum absolute atomic E-state index is 0.0404. The summed E-state index contributed by atoms with van der Waals surface area (Å²) in [5.41, 5.74) is 1.50. The summed E-state index contributed by atoms with van der Waals surface area (Å²) in [6.07, 6.45) is 7.50. The van der Waals surface area contributed by atoms with Crippen molar-refractivity contribution in [3.8, 4) is 0 Å². The van der Waals surface area contributed by atoms with Crippen molar-refractivity contribution in [1.29, 1.82) is 0 Å². The highest BCUT2D eigenvalue weighted by molar-refractivity contribution is 5.95. The molecule has 0 aliphatic heterocycles. The maximum absolute atomic E-state index is 12.5. The number of hydrogen-bond donors (Lipinski definition) is 1. The second kappa shape index (κ2) is 6.74. The lowest BCUT2D eigenvalue weighted by Crippen LogP contribution is -2.29. The molecule has 1 saturated carbocycles. The highest BCUT2D eigenvalue weighted by Gasteiger charge is 2.26. The molecule has 0 atom stereocenters. The van der Waals surface area contributed by atoms with Crippen LogP contribution in [0, 0.1) is 0 Å². The van der Waals surface area contributed by atoms with Gasteiger partial charge >= 0.3 is 5.97 Å². The molecular formula is C15H23N3O3. The van der Waals surface area contributed by atoms with Gasteiger partial charge < -0.3 is 10.0 Å². The first kappa shape index (κ1) is 15.5. The molecule has 2 rings (SSSR count). The van der Waals surface area contributed by atoms with Crippen LogP contribution in [-0.2, 0) is 11.8 Å². The topological polar surface area (TPSA) is 75.4 Å². The van der Waals surface area contributed by atoms with Gasteiger partial charge in [-0.15, -0.1) is 0 Å². The van der Waals surface area contributed by atoms with Crippen molar-refractivity contribution in [2.75, 3.05) is 13.6 Å². The fourth-order valence-electron chi connectivity index (χ4n) is 2.92. The number of amides is 1. The molecular weight excluding hydrogens is 270 g/mol. The van der Waals surface area contributed by atoms with Crippen LogP contribution < -0.4 is 0 Å². The summed E-state index contributed by atoms with van der Waals surface area (Å²) in [4.78, 5) is 24.6. The Hall–Kier alpha value is -1.85. The highest BCUT2D eigenvalue weighted by Crippen LogP contribution is 2.33. The number of carboxylic acid groups (broad SMARTS) is 1. The lowest BCUT2D eigenvalue weighted by Gasteiger charge is -2.22. The van der Waals surface area contributed by atoms with E-state index in [1.54, 1.807) is 17.9 Å². The number of aryl methyl sites for hydroxylation is 1. The minimum Gasteiger partial charge on any atom is -0.481 e. The molecule has 0 spiro atoms. The molecule has 1 aliphatic rings. The number of carboxylic acids is 1. The van der Waals surface area contributed by atoms with Crippen molar-refractivity contribution in [2.45, 2.75) is 44.4 Å². The van der Waals surface area contributed by atoms with E-state index >= 15 is 0 Å². The molecule has 1 aromatic rings. The molecule has 0 saturated heterocycles. The van der Waals surface area contributed by atoms with E-state index in [2.05, 4.69) is 5.10 Å². The number of carbonyl (C=O) groups excluding carboxylic acids is 1. The molecule has 116 valence electrons. The summed E-state index contributed by atoms with van der Waals surface area (Å²) in [7, 11) is 3.46. The number of aromatic nitrogens is 2. The Balaban J connectivity index is 2.14. The first-order valence-corrected chi connectivity index (χ1v) is 7.50. The second-order valence-corrected chi connectivity index (χ2v) is 5.81. The molecule has 21 heavy (non-hydrogen) atoms. The van der Waals surface area contributed by atoms with Crippen molar-refractivity contribution >= 4 is 11.9 Å². The monoisotopic (exact) mass is 293 g/mol. The quantitative estimate of drug-likeness (QED) is 0.901. The number of carbonyl (C=O) groups is 2. The third-order valence-corrected chi connectivity index (χ3v) is 4.09. The van der Waals surface area contributed by atoms with Gasteiger partial charge in [-0.05, 0) is 12.8 Å². The van der Waals surface area contributed by atoms with Crippen molar-refractivity contribution in [3.63, 3.8) is 0 Å². The molecule has 1 fully saturated rings. The van der Waals surface area contributed by atoms with Gasteiger partial charge in [0, 0.05) is 32.8 Å². The van der Waals surface area contributed by atoms with Crippen LogP contribution in [-0.4, -0.2) is 45.3 Å². The van der Waals surface area contributed by atoms with Gasteiger partial charge in [-0.3, -0.25) is 14.3 Å². The Morgan fingerprint density at radius 2 is 2.05 bits per heavy atom. The normalized spacial score (nSPS) is 15.9. The molecule has 0 unspecified atom stereocenters. The fourth-order valence-corrected chi connectivity index (χ4v) is 2.92. The zero-order chi connectivity index (χ0) is 15.4. The maximum atomic E-state index is 12.5. The van der Waals surface area contributed by atoms with Gasteiger partial charge in [0.05, 0.1) is 17.7 Å². The zero-order valence-corrected chi connectivity index (χ0v) is 12.7. The standard InChI is InChI=1S/C15H23N3O3/c1-17(9-8-13(19)20)15(21)12-10-18(2)16-14(12)11-6-4-3-5-7-11/h10-11H,3-9H2,1-2H3,(H,19,20). The summed E-state index contributed by atoms with van der Waals surface area (Å²) >= 11 is 0. The van der Waals surface area contributed by atoms with Crippen molar-refractivity contribution in [2.24, 2.45) is 7.05 Å². The predicted octanol–water partition coefficient (Wildman–Crippen LogP) is 2.01. The van der Waals surface area contributed by atoms with Crippen LogP contribution >= 0.6 is 0 Å². The average molecular weight is 293 g/mol. The lowest BCUT2D eigenvalue weighted by atomic mass is 9.85. The fraction of sp³-hybridized carbons (Fsp3) is 0.667. The first-order valence-electron chi connectivity index (χ1n) is 7.50. The molecule has 0 bridgehead atoms. The van der Waals surface area contributed by atoms with E-state index in [1.165, 1.54) is 24.2 Å². The van der Waals surface area contributed by atoms with Crippen LogP contribution in [0.25, 0.3) is 0 Å². The predicted molar refractivity (Wildman–Crippen MR) is 78.2 cm³/mol. The Bertz CT molecular complexity index is 518. The van der Waals surface area contributed by atoms with Gasteiger partial charge in [-0.1, -0.05) is 19.3 Å². The van der Waals surface area contributed by atoms with Gasteiger partial charge in [0.15, 0.2) is 0 Å². The number of hydrogen-bond acceptors (Lipinski definition) is 3. The van der Waals surface area contributed by atoms with E-state index in [0.29, 0.717) is 11.5 Å². The van der Waals surface area contributed by atoms with Gasteiger partial charge in [0.25, 0.3) is 5.91 Å². The van der Waals surface area contributed by atoms with Crippen LogP contribution in [0.5, 0.6) is 0 Å². The van der Waals surface area contributed by atoms with Crippen LogP contribution in [0.2, 0.25) is 0 Å². The van der Waals surface area contributed by atoms with Gasteiger partial charge in [-0.25, -0.2) is 0 Å². The Morgan fingerprint density at radius 1 is 1.38 bits per heavy atom. The smallest absolute Gasteiger partial charge is 0.305 e. The van der Waals surface area contributed by atoms with Crippen LogP contribution in [0.4, 0.5) is 0 Å². The van der Waals surface area contributed by atoms with Gasteiger partial charge in [-0.2, -0.15) is 5.10 Å². The van der Waals surface area contributed by atoms with Crippen molar-refractivity contribution in [1.82, 2.24) is 14.7 Å². The summed E-state index contributed by atoms with van der Waals surface area (Å²) in [6, 6.07) is 0. The Kier molecular flexibility index (Phi) is 4.98. The Morgan fingerprint density at radius 3 is 2.67 bits per heavy atom. The Labute approximate surface area is 124 Å². The minimum atomic E-state index is -0.895. The van der Waals surface area contributed by atoms with E-state index in [-0.39, 0.29) is 18.9 Å². The molecule has 1 amide bonds. The summed E-state index contributed by atoms with van der Waals surface area (Å²) in [5.74, 6) is -0.676. The molecule has 6 nitrogen and oxygen atoms in total. The van der Waals surface area contributed by atoms with E-state index < -0.39 is 5.97 Å². The van der Waals surface area contributed by atoms with Crippen molar-refractivity contribution in [3.05, 3.63) is 17.5 Å². The first-order chi connectivity index (χ1) is 9.99. The van der Waals surface area contributed by atoms with Crippen LogP contribution in [0.15, 0.2) is 6.20 Å². The number of nitrogens with zero attached hydrogens (tertiary/aromatic N) is 3. The third-order valence-electron chi connectivity index (χ3n) is 4.09. The third kappa shape index (κ3) is 3.83. The van der Waals surface area contributed by atoms with Crippen LogP contribution in [0.3, 0.4) is 0 Å². The largest absolute Gasteiger partial charge is 0.481 e. The SMILES string of the molecule is CN(CCC(=O)O)C(=O)c1cn(C)nc1C1CCCCC1. The maximum Gasteiger partial charge on any atom is 0.305 e. The molecule has 0 radical (unpaired) electrons. The molecule has 1 aliphatic carbocycles. The summed E-state index contributed by atoms with van der Waals surface area (Å²) < 4.78 is 1.68. The average Bonchev–Trinajstić information content (AvgIpc) is 2.86. The molecule has 1 N–H and O–H groups in total. The molecule has 6 heteroatoms. The number of rotatable bonds is 5. The van der Waals surface area contributed by atoms with E-state index in [0.717, 1.165) is 18.5 Å². The molecule has 1 aromatic heterocycles. The molecule has 1 heterocycles. The summed E-state index contributed by atoms with van der Waals surface area (Å²) in [5, 5.41) is 13.2. The van der Waals surface area contributed by atoms with Gasteiger partial charge in [0.1, 0.15) is 0 Å².